The lowest BCUT2D eigenvalue weighted by Gasteiger charge is -2.12. The van der Waals surface area contributed by atoms with Crippen molar-refractivity contribution in [3.63, 3.8) is 0 Å². The summed E-state index contributed by atoms with van der Waals surface area (Å²) in [6, 6.07) is 11.2. The Balaban J connectivity index is 2.59. The second-order valence-corrected chi connectivity index (χ2v) is 6.32. The Morgan fingerprint density at radius 1 is 1.21 bits per heavy atom. The summed E-state index contributed by atoms with van der Waals surface area (Å²) in [7, 11) is -1.27. The standard InChI is InChI=1S/C11H16O2Si/c1-3-14(4-2)13-11(12)10-8-6-5-7-9-10/h5-9,14H,3-4H2,1-2H3. The second-order valence-electron chi connectivity index (χ2n) is 3.21. The molecule has 2 nitrogen and oxygen atoms in total. The van der Waals surface area contributed by atoms with Crippen molar-refractivity contribution in [2.75, 3.05) is 0 Å². The minimum Gasteiger partial charge on any atom is -0.519 e. The molecule has 0 aliphatic rings. The van der Waals surface area contributed by atoms with Crippen LogP contribution in [0, 0.1) is 0 Å². The molecule has 1 aromatic carbocycles. The highest BCUT2D eigenvalue weighted by Gasteiger charge is 2.13. The molecule has 1 rings (SSSR count). The third kappa shape index (κ3) is 2.99. The molecule has 0 radical (unpaired) electrons. The number of hydrogen-bond acceptors (Lipinski definition) is 2. The Morgan fingerprint density at radius 2 is 1.79 bits per heavy atom. The van der Waals surface area contributed by atoms with E-state index in [1.165, 1.54) is 0 Å². The topological polar surface area (TPSA) is 26.3 Å². The van der Waals surface area contributed by atoms with E-state index < -0.39 is 9.04 Å². The maximum atomic E-state index is 11.6. The monoisotopic (exact) mass is 208 g/mol. The fourth-order valence-electron chi connectivity index (χ4n) is 1.25. The van der Waals surface area contributed by atoms with Gasteiger partial charge in [-0.25, -0.2) is 4.79 Å². The summed E-state index contributed by atoms with van der Waals surface area (Å²) in [4.78, 5) is 11.6. The minimum atomic E-state index is -1.27. The molecule has 0 saturated heterocycles. The van der Waals surface area contributed by atoms with E-state index >= 15 is 0 Å². The molecule has 0 saturated carbocycles. The average Bonchev–Trinajstić information content (AvgIpc) is 2.26. The summed E-state index contributed by atoms with van der Waals surface area (Å²) in [6.07, 6.45) is 0. The van der Waals surface area contributed by atoms with Crippen LogP contribution in [0.15, 0.2) is 30.3 Å². The SMILES string of the molecule is CC[SiH](CC)OC(=O)c1ccccc1. The summed E-state index contributed by atoms with van der Waals surface area (Å²) in [5.41, 5.74) is 0.659. The lowest BCUT2D eigenvalue weighted by atomic mass is 10.2. The van der Waals surface area contributed by atoms with Gasteiger partial charge in [-0.1, -0.05) is 32.0 Å². The lowest BCUT2D eigenvalue weighted by Crippen LogP contribution is -2.20. The van der Waals surface area contributed by atoms with E-state index in [-0.39, 0.29) is 5.97 Å². The molecule has 0 atom stereocenters. The zero-order chi connectivity index (χ0) is 10.4. The molecule has 0 bridgehead atoms. The molecule has 3 heteroatoms. The van der Waals surface area contributed by atoms with Crippen molar-refractivity contribution in [1.29, 1.82) is 0 Å². The molecule has 0 heterocycles. The van der Waals surface area contributed by atoms with Crippen LogP contribution in [-0.4, -0.2) is 15.0 Å². The Kier molecular flexibility index (Phi) is 4.39. The van der Waals surface area contributed by atoms with E-state index in [9.17, 15) is 4.79 Å². The molecule has 0 aromatic heterocycles. The third-order valence-corrected chi connectivity index (χ3v) is 4.56. The number of carbonyl (C=O) groups excluding carboxylic acids is 1. The Labute approximate surface area is 86.6 Å². The first kappa shape index (κ1) is 11.0. The van der Waals surface area contributed by atoms with E-state index in [2.05, 4.69) is 13.8 Å². The average molecular weight is 208 g/mol. The van der Waals surface area contributed by atoms with Gasteiger partial charge in [0.05, 0.1) is 5.56 Å². The Hall–Kier alpha value is -1.09. The van der Waals surface area contributed by atoms with Crippen molar-refractivity contribution in [1.82, 2.24) is 0 Å². The Morgan fingerprint density at radius 3 is 2.29 bits per heavy atom. The van der Waals surface area contributed by atoms with Crippen molar-refractivity contribution in [2.24, 2.45) is 0 Å². The van der Waals surface area contributed by atoms with Crippen molar-refractivity contribution < 1.29 is 9.22 Å². The minimum absolute atomic E-state index is 0.161. The van der Waals surface area contributed by atoms with Gasteiger partial charge in [0.2, 0.25) is 9.04 Å². The van der Waals surface area contributed by atoms with Crippen molar-refractivity contribution in [3.8, 4) is 0 Å². The van der Waals surface area contributed by atoms with Gasteiger partial charge in [0, 0.05) is 0 Å². The highest BCUT2D eigenvalue weighted by Crippen LogP contribution is 2.06. The number of carbonyl (C=O) groups is 1. The molecule has 1 aromatic rings. The molecule has 14 heavy (non-hydrogen) atoms. The fraction of sp³-hybridized carbons (Fsp3) is 0.364. The number of rotatable bonds is 4. The molecule has 0 amide bonds. The molecule has 0 spiro atoms. The van der Waals surface area contributed by atoms with E-state index in [0.717, 1.165) is 12.1 Å². The first-order chi connectivity index (χ1) is 6.77. The van der Waals surface area contributed by atoms with Crippen LogP contribution in [0.3, 0.4) is 0 Å². The normalized spacial score (nSPS) is 10.2. The summed E-state index contributed by atoms with van der Waals surface area (Å²) in [5.74, 6) is -0.161. The number of benzene rings is 1. The molecular weight excluding hydrogens is 192 g/mol. The van der Waals surface area contributed by atoms with Crippen LogP contribution in [0.1, 0.15) is 24.2 Å². The molecule has 0 aliphatic carbocycles. The van der Waals surface area contributed by atoms with E-state index in [0.29, 0.717) is 5.56 Å². The van der Waals surface area contributed by atoms with Gasteiger partial charge in [0.25, 0.3) is 0 Å². The molecule has 76 valence electrons. The van der Waals surface area contributed by atoms with Gasteiger partial charge in [-0.2, -0.15) is 0 Å². The molecule has 0 fully saturated rings. The van der Waals surface area contributed by atoms with Crippen LogP contribution in [0.25, 0.3) is 0 Å². The smallest absolute Gasteiger partial charge is 0.324 e. The largest absolute Gasteiger partial charge is 0.519 e. The van der Waals surface area contributed by atoms with Crippen molar-refractivity contribution in [2.45, 2.75) is 25.9 Å². The molecule has 0 aliphatic heterocycles. The first-order valence-corrected chi connectivity index (χ1v) is 7.14. The highest BCUT2D eigenvalue weighted by molar-refractivity contribution is 6.53. The molecular formula is C11H16O2Si. The fourth-order valence-corrected chi connectivity index (χ4v) is 2.60. The zero-order valence-electron chi connectivity index (χ0n) is 8.69. The maximum absolute atomic E-state index is 11.6. The van der Waals surface area contributed by atoms with Crippen LogP contribution in [0.4, 0.5) is 0 Å². The van der Waals surface area contributed by atoms with E-state index in [1.807, 2.05) is 18.2 Å². The van der Waals surface area contributed by atoms with Gasteiger partial charge in [0.1, 0.15) is 0 Å². The second kappa shape index (κ2) is 5.60. The predicted octanol–water partition coefficient (Wildman–Crippen LogP) is 2.61. The van der Waals surface area contributed by atoms with E-state index in [4.69, 9.17) is 4.43 Å². The molecule has 0 N–H and O–H groups in total. The van der Waals surface area contributed by atoms with Crippen LogP contribution in [0.5, 0.6) is 0 Å². The van der Waals surface area contributed by atoms with Gasteiger partial charge < -0.3 is 4.43 Å². The van der Waals surface area contributed by atoms with E-state index in [1.54, 1.807) is 12.1 Å². The van der Waals surface area contributed by atoms with Crippen LogP contribution >= 0.6 is 0 Å². The van der Waals surface area contributed by atoms with Gasteiger partial charge >= 0.3 is 5.97 Å². The van der Waals surface area contributed by atoms with Gasteiger partial charge in [0.15, 0.2) is 0 Å². The van der Waals surface area contributed by atoms with Gasteiger partial charge in [-0.3, -0.25) is 0 Å². The third-order valence-electron chi connectivity index (χ3n) is 2.19. The maximum Gasteiger partial charge on any atom is 0.324 e. The molecule has 0 unspecified atom stereocenters. The van der Waals surface area contributed by atoms with Crippen LogP contribution in [0.2, 0.25) is 12.1 Å². The Bertz CT molecular complexity index is 281. The summed E-state index contributed by atoms with van der Waals surface area (Å²) in [6.45, 7) is 4.16. The predicted molar refractivity (Wildman–Crippen MR) is 60.0 cm³/mol. The van der Waals surface area contributed by atoms with Crippen LogP contribution in [-0.2, 0) is 4.43 Å². The summed E-state index contributed by atoms with van der Waals surface area (Å²) < 4.78 is 5.43. The highest BCUT2D eigenvalue weighted by atomic mass is 28.3. The van der Waals surface area contributed by atoms with Gasteiger partial charge in [-0.05, 0) is 24.2 Å². The van der Waals surface area contributed by atoms with Gasteiger partial charge in [-0.15, -0.1) is 0 Å². The van der Waals surface area contributed by atoms with Crippen LogP contribution < -0.4 is 0 Å². The summed E-state index contributed by atoms with van der Waals surface area (Å²) >= 11 is 0. The lowest BCUT2D eigenvalue weighted by molar-refractivity contribution is 0.0731. The quantitative estimate of drug-likeness (QED) is 0.711. The summed E-state index contributed by atoms with van der Waals surface area (Å²) in [5, 5.41) is 0. The van der Waals surface area contributed by atoms with Crippen molar-refractivity contribution >= 4 is 15.0 Å². The zero-order valence-corrected chi connectivity index (χ0v) is 9.85. The van der Waals surface area contributed by atoms with Crippen molar-refractivity contribution in [3.05, 3.63) is 35.9 Å². The number of hydrogen-bond donors (Lipinski definition) is 0. The first-order valence-electron chi connectivity index (χ1n) is 5.04.